The van der Waals surface area contributed by atoms with Gasteiger partial charge >= 0.3 is 0 Å². The van der Waals surface area contributed by atoms with E-state index >= 15 is 0 Å². The molecule has 14 heavy (non-hydrogen) atoms. The number of hydrogen-bond donors (Lipinski definition) is 3. The minimum atomic E-state index is 0.0152. The van der Waals surface area contributed by atoms with Crippen LogP contribution in [0, 0.1) is 0 Å². The minimum absolute atomic E-state index is 0.0152. The molecule has 1 unspecified atom stereocenters. The van der Waals surface area contributed by atoms with Crippen LogP contribution in [0.4, 0.5) is 0 Å². The molecular weight excluding hydrogens is 178 g/mol. The summed E-state index contributed by atoms with van der Waals surface area (Å²) < 4.78 is 0. The van der Waals surface area contributed by atoms with Gasteiger partial charge in [0.15, 0.2) is 0 Å². The van der Waals surface area contributed by atoms with Crippen molar-refractivity contribution in [3.63, 3.8) is 0 Å². The zero-order valence-electron chi connectivity index (χ0n) is 7.53. The smallest absolute Gasteiger partial charge is 0.211 e. The summed E-state index contributed by atoms with van der Waals surface area (Å²) in [6, 6.07) is 9.92. The van der Waals surface area contributed by atoms with E-state index in [1.54, 1.807) is 6.20 Å². The Morgan fingerprint density at radius 3 is 2.79 bits per heavy atom. The SMILES string of the molecule is O=CNC1=CNNC1c1ccccc1. The van der Waals surface area contributed by atoms with Crippen molar-refractivity contribution < 1.29 is 4.79 Å². The van der Waals surface area contributed by atoms with Crippen molar-refractivity contribution >= 4 is 6.41 Å². The van der Waals surface area contributed by atoms with Crippen molar-refractivity contribution in [3.05, 3.63) is 47.8 Å². The van der Waals surface area contributed by atoms with E-state index in [1.807, 2.05) is 30.3 Å². The van der Waals surface area contributed by atoms with Crippen LogP contribution < -0.4 is 16.2 Å². The first-order chi connectivity index (χ1) is 6.92. The van der Waals surface area contributed by atoms with Gasteiger partial charge in [0.25, 0.3) is 0 Å². The first kappa shape index (κ1) is 8.77. The third-order valence-electron chi connectivity index (χ3n) is 2.12. The number of rotatable bonds is 3. The van der Waals surface area contributed by atoms with E-state index in [9.17, 15) is 4.79 Å². The number of hydrogen-bond acceptors (Lipinski definition) is 3. The molecule has 0 bridgehead atoms. The molecule has 3 N–H and O–H groups in total. The molecular formula is C10H11N3O. The van der Waals surface area contributed by atoms with Crippen LogP contribution in [0.3, 0.4) is 0 Å². The molecule has 0 radical (unpaired) electrons. The molecule has 1 aliphatic heterocycles. The van der Waals surface area contributed by atoms with Crippen molar-refractivity contribution in [1.29, 1.82) is 0 Å². The molecule has 0 saturated heterocycles. The number of amides is 1. The Labute approximate surface area is 82.0 Å². The summed E-state index contributed by atoms with van der Waals surface area (Å²) in [7, 11) is 0. The lowest BCUT2D eigenvalue weighted by atomic mass is 10.1. The molecule has 2 rings (SSSR count). The van der Waals surface area contributed by atoms with Gasteiger partial charge in [-0.25, -0.2) is 5.43 Å². The zero-order chi connectivity index (χ0) is 9.80. The summed E-state index contributed by atoms with van der Waals surface area (Å²) >= 11 is 0. The molecule has 1 amide bonds. The van der Waals surface area contributed by atoms with Gasteiger partial charge in [-0.05, 0) is 5.56 Å². The monoisotopic (exact) mass is 189 g/mol. The Hall–Kier alpha value is -1.81. The summed E-state index contributed by atoms with van der Waals surface area (Å²) in [4.78, 5) is 10.3. The molecule has 72 valence electrons. The fraction of sp³-hybridized carbons (Fsp3) is 0.100. The minimum Gasteiger partial charge on any atom is -0.329 e. The lowest BCUT2D eigenvalue weighted by molar-refractivity contribution is -0.109. The molecule has 1 aromatic rings. The van der Waals surface area contributed by atoms with Crippen LogP contribution in [-0.4, -0.2) is 6.41 Å². The normalized spacial score (nSPS) is 19.7. The van der Waals surface area contributed by atoms with Crippen LogP contribution in [0.2, 0.25) is 0 Å². The van der Waals surface area contributed by atoms with Crippen LogP contribution in [0.1, 0.15) is 11.6 Å². The molecule has 0 fully saturated rings. The Balaban J connectivity index is 2.19. The predicted octanol–water partition coefficient (Wildman–Crippen LogP) is 0.423. The number of hydrazine groups is 1. The maximum Gasteiger partial charge on any atom is 0.211 e. The first-order valence-electron chi connectivity index (χ1n) is 4.38. The van der Waals surface area contributed by atoms with Crippen LogP contribution in [-0.2, 0) is 4.79 Å². The van der Waals surface area contributed by atoms with Crippen LogP contribution in [0.5, 0.6) is 0 Å². The summed E-state index contributed by atoms with van der Waals surface area (Å²) in [5.74, 6) is 0. The maximum absolute atomic E-state index is 10.3. The molecule has 1 aliphatic rings. The summed E-state index contributed by atoms with van der Waals surface area (Å²) in [6.07, 6.45) is 2.42. The van der Waals surface area contributed by atoms with E-state index in [4.69, 9.17) is 0 Å². The van der Waals surface area contributed by atoms with Crippen molar-refractivity contribution in [3.8, 4) is 0 Å². The van der Waals surface area contributed by atoms with Crippen molar-refractivity contribution in [2.45, 2.75) is 6.04 Å². The molecule has 0 aromatic heterocycles. The highest BCUT2D eigenvalue weighted by atomic mass is 16.1. The predicted molar refractivity (Wildman–Crippen MR) is 52.7 cm³/mol. The molecule has 1 aromatic carbocycles. The van der Waals surface area contributed by atoms with Crippen LogP contribution in [0.25, 0.3) is 0 Å². The van der Waals surface area contributed by atoms with E-state index in [0.29, 0.717) is 6.41 Å². The topological polar surface area (TPSA) is 53.2 Å². The quantitative estimate of drug-likeness (QED) is 0.604. The standard InChI is InChI=1S/C10H11N3O/c14-7-11-9-6-12-13-10(9)8-4-2-1-3-5-8/h1-7,10,12-13H,(H,11,14). The Morgan fingerprint density at radius 2 is 2.07 bits per heavy atom. The fourth-order valence-corrected chi connectivity index (χ4v) is 1.47. The Bertz CT molecular complexity index is 348. The Morgan fingerprint density at radius 1 is 1.29 bits per heavy atom. The number of carbonyl (C=O) groups excluding carboxylic acids is 1. The van der Waals surface area contributed by atoms with E-state index in [1.165, 1.54) is 0 Å². The molecule has 1 heterocycles. The van der Waals surface area contributed by atoms with Gasteiger partial charge in [-0.15, -0.1) is 0 Å². The average Bonchev–Trinajstić information content (AvgIpc) is 2.68. The van der Waals surface area contributed by atoms with Gasteiger partial charge in [-0.1, -0.05) is 30.3 Å². The molecule has 1 atom stereocenters. The molecule has 4 heteroatoms. The third kappa shape index (κ3) is 1.60. The van der Waals surface area contributed by atoms with E-state index in [2.05, 4.69) is 16.2 Å². The first-order valence-corrected chi connectivity index (χ1v) is 4.38. The van der Waals surface area contributed by atoms with Crippen molar-refractivity contribution in [1.82, 2.24) is 16.2 Å². The van der Waals surface area contributed by atoms with Gasteiger partial charge in [-0.3, -0.25) is 4.79 Å². The highest BCUT2D eigenvalue weighted by Crippen LogP contribution is 2.20. The highest BCUT2D eigenvalue weighted by Gasteiger charge is 2.19. The summed E-state index contributed by atoms with van der Waals surface area (Å²) in [5, 5.41) is 2.65. The van der Waals surface area contributed by atoms with Crippen LogP contribution >= 0.6 is 0 Å². The van der Waals surface area contributed by atoms with Crippen molar-refractivity contribution in [2.24, 2.45) is 0 Å². The Kier molecular flexibility index (Phi) is 2.46. The second-order valence-electron chi connectivity index (χ2n) is 2.99. The van der Waals surface area contributed by atoms with Gasteiger partial charge in [-0.2, -0.15) is 0 Å². The van der Waals surface area contributed by atoms with Gasteiger partial charge in [0.1, 0.15) is 0 Å². The van der Waals surface area contributed by atoms with Gasteiger partial charge in [0.05, 0.1) is 11.7 Å². The van der Waals surface area contributed by atoms with E-state index < -0.39 is 0 Å². The molecule has 0 aliphatic carbocycles. The van der Waals surface area contributed by atoms with Gasteiger partial charge < -0.3 is 10.7 Å². The van der Waals surface area contributed by atoms with Crippen LogP contribution in [0.15, 0.2) is 42.2 Å². The second-order valence-corrected chi connectivity index (χ2v) is 2.99. The second kappa shape index (κ2) is 3.93. The van der Waals surface area contributed by atoms with E-state index in [-0.39, 0.29) is 6.04 Å². The average molecular weight is 189 g/mol. The fourth-order valence-electron chi connectivity index (χ4n) is 1.47. The molecule has 4 nitrogen and oxygen atoms in total. The van der Waals surface area contributed by atoms with Gasteiger partial charge in [0, 0.05) is 6.20 Å². The lowest BCUT2D eigenvalue weighted by Crippen LogP contribution is -2.27. The third-order valence-corrected chi connectivity index (χ3v) is 2.12. The van der Waals surface area contributed by atoms with Gasteiger partial charge in [0.2, 0.25) is 6.41 Å². The van der Waals surface area contributed by atoms with Crippen molar-refractivity contribution in [2.75, 3.05) is 0 Å². The lowest BCUT2D eigenvalue weighted by Gasteiger charge is -2.13. The largest absolute Gasteiger partial charge is 0.329 e. The number of benzene rings is 1. The zero-order valence-corrected chi connectivity index (χ0v) is 7.53. The van der Waals surface area contributed by atoms with E-state index in [0.717, 1.165) is 11.3 Å². The summed E-state index contributed by atoms with van der Waals surface area (Å²) in [6.45, 7) is 0. The molecule has 0 spiro atoms. The summed E-state index contributed by atoms with van der Waals surface area (Å²) in [5.41, 5.74) is 7.85. The number of nitrogens with one attached hydrogen (secondary N) is 3. The highest BCUT2D eigenvalue weighted by molar-refractivity contribution is 5.51. The maximum atomic E-state index is 10.3. The number of carbonyl (C=O) groups is 1. The molecule has 0 saturated carbocycles.